The van der Waals surface area contributed by atoms with Crippen molar-refractivity contribution >= 4 is 29.9 Å². The summed E-state index contributed by atoms with van der Waals surface area (Å²) in [6, 6.07) is 0. The Kier molecular flexibility index (Phi) is 7.38. The summed E-state index contributed by atoms with van der Waals surface area (Å²) in [4.78, 5) is 4.30. The molecule has 0 aromatic carbocycles. The first-order valence-corrected chi connectivity index (χ1v) is 7.10. The number of nitrogens with two attached hydrogens (primary N) is 1. The number of nitrogens with one attached hydrogen (secondary N) is 1. The van der Waals surface area contributed by atoms with Crippen LogP contribution in [0.3, 0.4) is 0 Å². The average molecular weight is 383 g/mol. The Morgan fingerprint density at radius 2 is 2.11 bits per heavy atom. The predicted molar refractivity (Wildman–Crippen MR) is 86.8 cm³/mol. The molecule has 3 N–H and O–H groups in total. The molecule has 0 radical (unpaired) electrons. The van der Waals surface area contributed by atoms with E-state index < -0.39 is 0 Å². The van der Waals surface area contributed by atoms with Crippen LogP contribution in [0.15, 0.2) is 4.99 Å². The Morgan fingerprint density at radius 3 is 2.79 bits per heavy atom. The van der Waals surface area contributed by atoms with Crippen molar-refractivity contribution in [1.29, 1.82) is 0 Å². The molecule has 1 atom stereocenters. The van der Waals surface area contributed by atoms with E-state index in [1.807, 2.05) is 0 Å². The molecule has 6 heteroatoms. The van der Waals surface area contributed by atoms with Gasteiger partial charge >= 0.3 is 0 Å². The average Bonchev–Trinajstić information content (AvgIpc) is 2.78. The number of halogens is 1. The molecule has 112 valence electrons. The number of rotatable bonds is 4. The zero-order valence-electron chi connectivity index (χ0n) is 11.7. The van der Waals surface area contributed by atoms with Crippen molar-refractivity contribution in [2.24, 2.45) is 10.7 Å². The second-order valence-electron chi connectivity index (χ2n) is 5.17. The minimum Gasteiger partial charge on any atom is -0.370 e. The monoisotopic (exact) mass is 383 g/mol. The molecular weight excluding hydrogens is 357 g/mol. The lowest BCUT2D eigenvalue weighted by molar-refractivity contribution is -0.186. The third-order valence-electron chi connectivity index (χ3n) is 3.55. The summed E-state index contributed by atoms with van der Waals surface area (Å²) in [6.45, 7) is 4.19. The molecule has 1 saturated carbocycles. The topological polar surface area (TPSA) is 68.9 Å². The molecule has 1 saturated heterocycles. The third kappa shape index (κ3) is 5.07. The van der Waals surface area contributed by atoms with E-state index in [1.54, 1.807) is 0 Å². The number of ether oxygens (including phenoxy) is 2. The van der Waals surface area contributed by atoms with Gasteiger partial charge < -0.3 is 20.5 Å². The van der Waals surface area contributed by atoms with Gasteiger partial charge in [0.05, 0.1) is 13.2 Å². The van der Waals surface area contributed by atoms with Crippen LogP contribution >= 0.6 is 24.0 Å². The van der Waals surface area contributed by atoms with Gasteiger partial charge in [0.15, 0.2) is 11.7 Å². The minimum absolute atomic E-state index is 0. The van der Waals surface area contributed by atoms with Crippen molar-refractivity contribution in [3.8, 4) is 0 Å². The maximum atomic E-state index is 6.03. The summed E-state index contributed by atoms with van der Waals surface area (Å²) >= 11 is 0. The van der Waals surface area contributed by atoms with Crippen molar-refractivity contribution < 1.29 is 9.47 Å². The summed E-state index contributed by atoms with van der Waals surface area (Å²) < 4.78 is 11.9. The van der Waals surface area contributed by atoms with Crippen LogP contribution in [0.25, 0.3) is 0 Å². The van der Waals surface area contributed by atoms with E-state index in [-0.39, 0.29) is 35.9 Å². The van der Waals surface area contributed by atoms with Crippen LogP contribution in [0.2, 0.25) is 0 Å². The van der Waals surface area contributed by atoms with Crippen LogP contribution in [-0.2, 0) is 9.47 Å². The molecule has 1 aliphatic heterocycles. The van der Waals surface area contributed by atoms with Crippen LogP contribution in [-0.4, -0.2) is 37.5 Å². The summed E-state index contributed by atoms with van der Waals surface area (Å²) in [7, 11) is 0. The summed E-state index contributed by atoms with van der Waals surface area (Å²) in [5, 5.41) is 3.06. The second-order valence-corrected chi connectivity index (χ2v) is 5.17. The van der Waals surface area contributed by atoms with Crippen molar-refractivity contribution in [3.63, 3.8) is 0 Å². The smallest absolute Gasteiger partial charge is 0.188 e. The van der Waals surface area contributed by atoms with E-state index in [2.05, 4.69) is 17.2 Å². The molecule has 1 aliphatic carbocycles. The number of hydrogen-bond acceptors (Lipinski definition) is 3. The van der Waals surface area contributed by atoms with E-state index in [9.17, 15) is 0 Å². The number of guanidine groups is 1. The van der Waals surface area contributed by atoms with Gasteiger partial charge in [0.1, 0.15) is 6.10 Å². The number of nitrogens with zero attached hydrogens (tertiary/aromatic N) is 1. The largest absolute Gasteiger partial charge is 0.370 e. The van der Waals surface area contributed by atoms with Gasteiger partial charge in [0.25, 0.3) is 0 Å². The first kappa shape index (κ1) is 17.0. The van der Waals surface area contributed by atoms with E-state index in [0.29, 0.717) is 19.1 Å². The molecule has 2 fully saturated rings. The van der Waals surface area contributed by atoms with E-state index in [4.69, 9.17) is 15.2 Å². The van der Waals surface area contributed by atoms with Gasteiger partial charge in [0.2, 0.25) is 0 Å². The number of aliphatic imine (C=N–C) groups is 1. The molecule has 0 bridgehead atoms. The Morgan fingerprint density at radius 1 is 1.37 bits per heavy atom. The predicted octanol–water partition coefficient (Wildman–Crippen LogP) is 1.99. The van der Waals surface area contributed by atoms with Gasteiger partial charge in [-0.3, -0.25) is 4.99 Å². The van der Waals surface area contributed by atoms with Crippen LogP contribution < -0.4 is 11.1 Å². The van der Waals surface area contributed by atoms with Gasteiger partial charge in [0, 0.05) is 19.4 Å². The lowest BCUT2D eigenvalue weighted by Gasteiger charge is -2.31. The van der Waals surface area contributed by atoms with Crippen LogP contribution in [0.4, 0.5) is 0 Å². The first-order valence-electron chi connectivity index (χ1n) is 7.10. The minimum atomic E-state index is -0.302. The molecule has 1 unspecified atom stereocenters. The number of hydrogen-bond donors (Lipinski definition) is 2. The highest BCUT2D eigenvalue weighted by molar-refractivity contribution is 14.0. The SMILES string of the molecule is CCCNC(N)=NCC1COC2(CCCCC2)O1.I. The summed E-state index contributed by atoms with van der Waals surface area (Å²) in [5.41, 5.74) is 5.75. The molecule has 2 rings (SSSR count). The highest BCUT2D eigenvalue weighted by Crippen LogP contribution is 2.37. The van der Waals surface area contributed by atoms with Crippen molar-refractivity contribution in [3.05, 3.63) is 0 Å². The first-order chi connectivity index (χ1) is 8.74. The normalized spacial score (nSPS) is 26.2. The van der Waals surface area contributed by atoms with E-state index in [1.165, 1.54) is 19.3 Å². The van der Waals surface area contributed by atoms with Crippen molar-refractivity contribution in [2.45, 2.75) is 57.3 Å². The fraction of sp³-hybridized carbons (Fsp3) is 0.923. The molecule has 0 amide bonds. The van der Waals surface area contributed by atoms with Gasteiger partial charge in [-0.1, -0.05) is 13.3 Å². The van der Waals surface area contributed by atoms with E-state index >= 15 is 0 Å². The molecule has 1 heterocycles. The molecule has 0 aromatic rings. The third-order valence-corrected chi connectivity index (χ3v) is 3.55. The summed E-state index contributed by atoms with van der Waals surface area (Å²) in [6.07, 6.45) is 6.86. The quantitative estimate of drug-likeness (QED) is 0.443. The van der Waals surface area contributed by atoms with Crippen molar-refractivity contribution in [2.75, 3.05) is 19.7 Å². The highest BCUT2D eigenvalue weighted by Gasteiger charge is 2.41. The Balaban J connectivity index is 0.00000180. The summed E-state index contributed by atoms with van der Waals surface area (Å²) in [5.74, 6) is 0.203. The van der Waals surface area contributed by atoms with E-state index in [0.717, 1.165) is 25.8 Å². The molecule has 2 aliphatic rings. The van der Waals surface area contributed by atoms with Crippen LogP contribution in [0.1, 0.15) is 45.4 Å². The molecule has 1 spiro atoms. The van der Waals surface area contributed by atoms with Gasteiger partial charge in [-0.15, -0.1) is 24.0 Å². The van der Waals surface area contributed by atoms with Crippen LogP contribution in [0, 0.1) is 0 Å². The maximum Gasteiger partial charge on any atom is 0.188 e. The zero-order valence-corrected chi connectivity index (χ0v) is 14.0. The maximum absolute atomic E-state index is 6.03. The zero-order chi connectivity index (χ0) is 12.8. The van der Waals surface area contributed by atoms with Crippen molar-refractivity contribution in [1.82, 2.24) is 5.32 Å². The Labute approximate surface area is 132 Å². The van der Waals surface area contributed by atoms with Gasteiger partial charge in [-0.2, -0.15) is 0 Å². The molecular formula is C13H26IN3O2. The Bertz CT molecular complexity index is 294. The lowest BCUT2D eigenvalue weighted by atomic mass is 9.94. The molecule has 0 aromatic heterocycles. The van der Waals surface area contributed by atoms with Crippen LogP contribution in [0.5, 0.6) is 0 Å². The fourth-order valence-electron chi connectivity index (χ4n) is 2.57. The van der Waals surface area contributed by atoms with Gasteiger partial charge in [-0.05, 0) is 19.3 Å². The standard InChI is InChI=1S/C13H25N3O2.HI/c1-2-8-15-12(14)16-9-11-10-17-13(18-11)6-4-3-5-7-13;/h11H,2-10H2,1H3,(H3,14,15,16);1H. The van der Waals surface area contributed by atoms with Gasteiger partial charge in [-0.25, -0.2) is 0 Å². The molecule has 19 heavy (non-hydrogen) atoms. The molecule has 5 nitrogen and oxygen atoms in total. The fourth-order valence-corrected chi connectivity index (χ4v) is 2.57. The Hall–Kier alpha value is -0.0800. The second kappa shape index (κ2) is 8.26. The lowest BCUT2D eigenvalue weighted by Crippen LogP contribution is -2.35. The highest BCUT2D eigenvalue weighted by atomic mass is 127.